The predicted molar refractivity (Wildman–Crippen MR) is 51.9 cm³/mol. The lowest BCUT2D eigenvalue weighted by Gasteiger charge is -1.97. The molecule has 2 rings (SSSR count). The molecule has 1 aromatic heterocycles. The zero-order chi connectivity index (χ0) is 9.26. The molecule has 0 amide bonds. The van der Waals surface area contributed by atoms with Gasteiger partial charge in [0.1, 0.15) is 5.15 Å². The van der Waals surface area contributed by atoms with Crippen molar-refractivity contribution < 1.29 is 5.11 Å². The van der Waals surface area contributed by atoms with Crippen molar-refractivity contribution in [2.45, 2.75) is 6.42 Å². The molecule has 1 heterocycles. The number of aromatic amines is 1. The molecule has 2 aromatic rings. The van der Waals surface area contributed by atoms with Crippen molar-refractivity contribution in [1.82, 2.24) is 10.2 Å². The Morgan fingerprint density at radius 2 is 2.31 bits per heavy atom. The summed E-state index contributed by atoms with van der Waals surface area (Å²) < 4.78 is 0. The zero-order valence-electron chi connectivity index (χ0n) is 6.92. The maximum absolute atomic E-state index is 8.81. The molecule has 0 fully saturated rings. The Hall–Kier alpha value is -1.06. The molecule has 0 aliphatic carbocycles. The quantitative estimate of drug-likeness (QED) is 0.769. The van der Waals surface area contributed by atoms with Gasteiger partial charge in [0.25, 0.3) is 0 Å². The normalized spacial score (nSPS) is 10.9. The van der Waals surface area contributed by atoms with Crippen LogP contribution in [0.5, 0.6) is 0 Å². The van der Waals surface area contributed by atoms with Gasteiger partial charge in [0, 0.05) is 12.0 Å². The van der Waals surface area contributed by atoms with Crippen molar-refractivity contribution in [3.05, 3.63) is 28.9 Å². The number of fused-ring (bicyclic) bond motifs is 1. The van der Waals surface area contributed by atoms with E-state index >= 15 is 0 Å². The lowest BCUT2D eigenvalue weighted by atomic mass is 10.1. The van der Waals surface area contributed by atoms with Crippen LogP contribution in [0.15, 0.2) is 18.2 Å². The van der Waals surface area contributed by atoms with E-state index < -0.39 is 0 Å². The van der Waals surface area contributed by atoms with Crippen LogP contribution in [0.2, 0.25) is 5.15 Å². The van der Waals surface area contributed by atoms with Gasteiger partial charge in [-0.1, -0.05) is 23.7 Å². The van der Waals surface area contributed by atoms with E-state index in [4.69, 9.17) is 16.7 Å². The van der Waals surface area contributed by atoms with Gasteiger partial charge in [0.15, 0.2) is 0 Å². The van der Waals surface area contributed by atoms with Crippen LogP contribution < -0.4 is 0 Å². The molecule has 0 aliphatic heterocycles. The van der Waals surface area contributed by atoms with Gasteiger partial charge in [0.2, 0.25) is 0 Å². The highest BCUT2D eigenvalue weighted by Crippen LogP contribution is 2.23. The molecule has 0 bridgehead atoms. The molecule has 0 aliphatic rings. The van der Waals surface area contributed by atoms with Gasteiger partial charge in [0.05, 0.1) is 5.52 Å². The van der Waals surface area contributed by atoms with Gasteiger partial charge in [-0.05, 0) is 18.1 Å². The summed E-state index contributed by atoms with van der Waals surface area (Å²) in [6.07, 6.45) is 0.610. The summed E-state index contributed by atoms with van der Waals surface area (Å²) in [5.74, 6) is 0. The van der Waals surface area contributed by atoms with E-state index in [1.54, 1.807) is 0 Å². The van der Waals surface area contributed by atoms with Gasteiger partial charge in [-0.2, -0.15) is 5.10 Å². The van der Waals surface area contributed by atoms with Gasteiger partial charge >= 0.3 is 0 Å². The smallest absolute Gasteiger partial charge is 0.132 e. The molecule has 2 N–H and O–H groups in total. The Bertz CT molecular complexity index is 424. The fourth-order valence-corrected chi connectivity index (χ4v) is 1.58. The second-order valence-electron chi connectivity index (χ2n) is 2.82. The number of aliphatic hydroxyl groups is 1. The minimum Gasteiger partial charge on any atom is -0.396 e. The third-order valence-electron chi connectivity index (χ3n) is 2.00. The second-order valence-corrected chi connectivity index (χ2v) is 3.20. The van der Waals surface area contributed by atoms with Crippen molar-refractivity contribution in [1.29, 1.82) is 0 Å². The largest absolute Gasteiger partial charge is 0.396 e. The van der Waals surface area contributed by atoms with Gasteiger partial charge in [-0.15, -0.1) is 0 Å². The number of nitrogens with zero attached hydrogens (tertiary/aromatic N) is 1. The maximum Gasteiger partial charge on any atom is 0.132 e. The number of aromatic nitrogens is 2. The third-order valence-corrected chi connectivity index (χ3v) is 2.29. The van der Waals surface area contributed by atoms with E-state index in [1.165, 1.54) is 0 Å². The van der Waals surface area contributed by atoms with Crippen LogP contribution in [0.4, 0.5) is 0 Å². The molecule has 3 nitrogen and oxygen atoms in total. The van der Waals surface area contributed by atoms with Crippen molar-refractivity contribution in [3.63, 3.8) is 0 Å². The molecule has 1 aromatic carbocycles. The molecular weight excluding hydrogens is 188 g/mol. The highest BCUT2D eigenvalue weighted by molar-refractivity contribution is 6.34. The fraction of sp³-hybridized carbons (Fsp3) is 0.222. The number of nitrogens with one attached hydrogen (secondary N) is 1. The molecule has 0 spiro atoms. The first kappa shape index (κ1) is 8.53. The van der Waals surface area contributed by atoms with Gasteiger partial charge in [-0.3, -0.25) is 5.10 Å². The van der Waals surface area contributed by atoms with Crippen LogP contribution in [-0.4, -0.2) is 21.9 Å². The van der Waals surface area contributed by atoms with E-state index in [2.05, 4.69) is 10.2 Å². The monoisotopic (exact) mass is 196 g/mol. The van der Waals surface area contributed by atoms with E-state index in [-0.39, 0.29) is 6.61 Å². The van der Waals surface area contributed by atoms with Crippen LogP contribution in [0.25, 0.3) is 10.9 Å². The summed E-state index contributed by atoms with van der Waals surface area (Å²) in [7, 11) is 0. The highest BCUT2D eigenvalue weighted by Gasteiger charge is 2.06. The number of aliphatic hydroxyl groups excluding tert-OH is 1. The Labute approximate surface area is 80.3 Å². The standard InChI is InChI=1S/C9H9ClN2O/c10-9-7-3-1-2-6(4-5-13)8(7)11-12-9/h1-3,13H,4-5H2,(H,11,12). The Morgan fingerprint density at radius 1 is 1.46 bits per heavy atom. The van der Waals surface area contributed by atoms with Crippen LogP contribution in [-0.2, 0) is 6.42 Å². The first-order valence-corrected chi connectivity index (χ1v) is 4.43. The minimum absolute atomic E-state index is 0.129. The summed E-state index contributed by atoms with van der Waals surface area (Å²) in [5, 5.41) is 17.1. The van der Waals surface area contributed by atoms with Gasteiger partial charge in [-0.25, -0.2) is 0 Å². The summed E-state index contributed by atoms with van der Waals surface area (Å²) in [4.78, 5) is 0. The van der Waals surface area contributed by atoms with E-state index in [1.807, 2.05) is 18.2 Å². The number of para-hydroxylation sites is 1. The van der Waals surface area contributed by atoms with Crippen molar-refractivity contribution in [2.75, 3.05) is 6.61 Å². The SMILES string of the molecule is OCCc1cccc2c(Cl)[nH]nc12. The van der Waals surface area contributed by atoms with E-state index in [0.717, 1.165) is 16.5 Å². The third kappa shape index (κ3) is 1.41. The van der Waals surface area contributed by atoms with Crippen LogP contribution >= 0.6 is 11.6 Å². The van der Waals surface area contributed by atoms with Crippen molar-refractivity contribution in [3.8, 4) is 0 Å². The topological polar surface area (TPSA) is 48.9 Å². The second kappa shape index (κ2) is 3.36. The molecule has 4 heteroatoms. The number of hydrogen-bond acceptors (Lipinski definition) is 2. The van der Waals surface area contributed by atoms with E-state index in [0.29, 0.717) is 11.6 Å². The summed E-state index contributed by atoms with van der Waals surface area (Å²) in [5.41, 5.74) is 1.87. The van der Waals surface area contributed by atoms with Crippen LogP contribution in [0.3, 0.4) is 0 Å². The first-order chi connectivity index (χ1) is 6.33. The number of halogens is 1. The molecular formula is C9H9ClN2O. The lowest BCUT2D eigenvalue weighted by molar-refractivity contribution is 0.300. The fourth-order valence-electron chi connectivity index (χ4n) is 1.39. The average molecular weight is 197 g/mol. The number of hydrogen-bond donors (Lipinski definition) is 2. The molecule has 13 heavy (non-hydrogen) atoms. The molecule has 68 valence electrons. The summed E-state index contributed by atoms with van der Waals surface area (Å²) in [6, 6.07) is 5.76. The molecule has 0 radical (unpaired) electrons. The number of benzene rings is 1. The molecule has 0 atom stereocenters. The molecule has 0 unspecified atom stereocenters. The van der Waals surface area contributed by atoms with Crippen LogP contribution in [0.1, 0.15) is 5.56 Å². The Kier molecular flexibility index (Phi) is 2.20. The molecule has 0 saturated heterocycles. The number of rotatable bonds is 2. The summed E-state index contributed by atoms with van der Waals surface area (Å²) >= 11 is 5.86. The maximum atomic E-state index is 8.81. The van der Waals surface area contributed by atoms with Crippen molar-refractivity contribution >= 4 is 22.5 Å². The van der Waals surface area contributed by atoms with E-state index in [9.17, 15) is 0 Å². The molecule has 0 saturated carbocycles. The number of H-pyrrole nitrogens is 1. The Balaban J connectivity index is 2.63. The predicted octanol–water partition coefficient (Wildman–Crippen LogP) is 1.75. The van der Waals surface area contributed by atoms with Crippen LogP contribution in [0, 0.1) is 0 Å². The zero-order valence-corrected chi connectivity index (χ0v) is 7.67. The average Bonchev–Trinajstić information content (AvgIpc) is 2.50. The Morgan fingerprint density at radius 3 is 3.08 bits per heavy atom. The highest BCUT2D eigenvalue weighted by atomic mass is 35.5. The van der Waals surface area contributed by atoms with Crippen molar-refractivity contribution in [2.24, 2.45) is 0 Å². The minimum atomic E-state index is 0.129. The lowest BCUT2D eigenvalue weighted by Crippen LogP contribution is -1.91. The summed E-state index contributed by atoms with van der Waals surface area (Å²) in [6.45, 7) is 0.129. The first-order valence-electron chi connectivity index (χ1n) is 4.05. The van der Waals surface area contributed by atoms with Gasteiger partial charge < -0.3 is 5.11 Å².